The van der Waals surface area contributed by atoms with Gasteiger partial charge >= 0.3 is 0 Å². The third-order valence-corrected chi connectivity index (χ3v) is 4.16. The van der Waals surface area contributed by atoms with Crippen LogP contribution in [-0.4, -0.2) is 44.1 Å². The average molecular weight is 341 g/mol. The third-order valence-electron chi connectivity index (χ3n) is 4.16. The lowest BCUT2D eigenvalue weighted by Gasteiger charge is -2.16. The predicted molar refractivity (Wildman–Crippen MR) is 96.4 cm³/mol. The van der Waals surface area contributed by atoms with Crippen molar-refractivity contribution in [2.75, 3.05) is 33.3 Å². The third kappa shape index (κ3) is 6.40. The minimum absolute atomic E-state index is 0. The number of halogens is 1. The first-order chi connectivity index (χ1) is 10.7. The van der Waals surface area contributed by atoms with Crippen LogP contribution in [0.15, 0.2) is 24.3 Å². The Labute approximate surface area is 146 Å². The summed E-state index contributed by atoms with van der Waals surface area (Å²) in [6.07, 6.45) is 3.54. The van der Waals surface area contributed by atoms with Gasteiger partial charge in [0.15, 0.2) is 0 Å². The van der Waals surface area contributed by atoms with Crippen molar-refractivity contribution in [2.24, 2.45) is 5.92 Å². The molecular weight excluding hydrogens is 312 g/mol. The lowest BCUT2D eigenvalue weighted by Crippen LogP contribution is -2.30. The summed E-state index contributed by atoms with van der Waals surface area (Å²) in [7, 11) is 1.97. The second kappa shape index (κ2) is 10.5. The largest absolute Gasteiger partial charge is 0.494 e. The number of benzene rings is 1. The molecule has 130 valence electrons. The SMILES string of the molecule is CCCOc1ccc(CCC(=O)N2CCC(CNC)C2)cc1.Cl. The summed E-state index contributed by atoms with van der Waals surface area (Å²) in [4.78, 5) is 14.3. The summed E-state index contributed by atoms with van der Waals surface area (Å²) >= 11 is 0. The fraction of sp³-hybridized carbons (Fsp3) is 0.611. The van der Waals surface area contributed by atoms with E-state index in [2.05, 4.69) is 24.4 Å². The van der Waals surface area contributed by atoms with E-state index in [1.54, 1.807) is 0 Å². The van der Waals surface area contributed by atoms with E-state index in [1.165, 1.54) is 5.56 Å². The number of carbonyl (C=O) groups excluding carboxylic acids is 1. The minimum atomic E-state index is 0. The van der Waals surface area contributed by atoms with Gasteiger partial charge in [-0.15, -0.1) is 12.4 Å². The Kier molecular flexibility index (Phi) is 9.03. The first-order valence-electron chi connectivity index (χ1n) is 8.37. The fourth-order valence-corrected chi connectivity index (χ4v) is 2.90. The molecule has 0 radical (unpaired) electrons. The highest BCUT2D eigenvalue weighted by Gasteiger charge is 2.25. The van der Waals surface area contributed by atoms with Crippen LogP contribution in [0.25, 0.3) is 0 Å². The smallest absolute Gasteiger partial charge is 0.222 e. The molecule has 1 atom stereocenters. The quantitative estimate of drug-likeness (QED) is 0.791. The first-order valence-corrected chi connectivity index (χ1v) is 8.37. The van der Waals surface area contributed by atoms with Crippen molar-refractivity contribution in [3.05, 3.63) is 29.8 Å². The van der Waals surface area contributed by atoms with Crippen molar-refractivity contribution in [1.82, 2.24) is 10.2 Å². The number of likely N-dealkylation sites (tertiary alicyclic amines) is 1. The topological polar surface area (TPSA) is 41.6 Å². The van der Waals surface area contributed by atoms with Crippen LogP contribution >= 0.6 is 12.4 Å². The second-order valence-corrected chi connectivity index (χ2v) is 6.04. The van der Waals surface area contributed by atoms with E-state index in [4.69, 9.17) is 4.74 Å². The molecule has 0 aromatic heterocycles. The number of rotatable bonds is 8. The average Bonchev–Trinajstić information content (AvgIpc) is 3.01. The maximum Gasteiger partial charge on any atom is 0.222 e. The van der Waals surface area contributed by atoms with E-state index in [9.17, 15) is 4.79 Å². The molecule has 0 spiro atoms. The molecule has 1 N–H and O–H groups in total. The molecule has 1 heterocycles. The van der Waals surface area contributed by atoms with Crippen LogP contribution in [-0.2, 0) is 11.2 Å². The van der Waals surface area contributed by atoms with Crippen molar-refractivity contribution in [3.63, 3.8) is 0 Å². The van der Waals surface area contributed by atoms with Crippen LogP contribution in [0.1, 0.15) is 31.7 Å². The van der Waals surface area contributed by atoms with E-state index in [0.29, 0.717) is 12.3 Å². The predicted octanol–water partition coefficient (Wildman–Crippen LogP) is 2.90. The molecule has 0 aliphatic carbocycles. The Morgan fingerprint density at radius 2 is 2.09 bits per heavy atom. The van der Waals surface area contributed by atoms with E-state index >= 15 is 0 Å². The zero-order valence-electron chi connectivity index (χ0n) is 14.2. The van der Waals surface area contributed by atoms with Gasteiger partial charge in [0.2, 0.25) is 5.91 Å². The Bertz CT molecular complexity index is 465. The summed E-state index contributed by atoms with van der Waals surface area (Å²) in [6.45, 7) is 5.67. The van der Waals surface area contributed by atoms with Crippen molar-refractivity contribution in [3.8, 4) is 5.75 Å². The van der Waals surface area contributed by atoms with E-state index < -0.39 is 0 Å². The van der Waals surface area contributed by atoms with Crippen molar-refractivity contribution in [1.29, 1.82) is 0 Å². The van der Waals surface area contributed by atoms with Crippen molar-refractivity contribution >= 4 is 18.3 Å². The molecule has 1 aliphatic heterocycles. The minimum Gasteiger partial charge on any atom is -0.494 e. The van der Waals surface area contributed by atoms with Gasteiger partial charge in [-0.2, -0.15) is 0 Å². The first kappa shape index (κ1) is 19.8. The van der Waals surface area contributed by atoms with Gasteiger partial charge in [0.1, 0.15) is 5.75 Å². The number of amides is 1. The number of nitrogens with one attached hydrogen (secondary N) is 1. The molecule has 1 unspecified atom stereocenters. The molecular formula is C18H29ClN2O2. The van der Waals surface area contributed by atoms with Crippen LogP contribution in [0.3, 0.4) is 0 Å². The molecule has 0 bridgehead atoms. The van der Waals surface area contributed by atoms with Crippen molar-refractivity contribution < 1.29 is 9.53 Å². The Morgan fingerprint density at radius 3 is 2.74 bits per heavy atom. The highest BCUT2D eigenvalue weighted by atomic mass is 35.5. The van der Waals surface area contributed by atoms with Crippen molar-refractivity contribution in [2.45, 2.75) is 32.6 Å². The lowest BCUT2D eigenvalue weighted by atomic mass is 10.1. The number of carbonyl (C=O) groups is 1. The van der Waals surface area contributed by atoms with Gasteiger partial charge in [0.25, 0.3) is 0 Å². The number of aryl methyl sites for hydroxylation is 1. The Hall–Kier alpha value is -1.26. The summed E-state index contributed by atoms with van der Waals surface area (Å²) in [5.41, 5.74) is 1.20. The number of hydrogen-bond donors (Lipinski definition) is 1. The second-order valence-electron chi connectivity index (χ2n) is 6.04. The lowest BCUT2D eigenvalue weighted by molar-refractivity contribution is -0.130. The van der Waals surface area contributed by atoms with Crippen LogP contribution in [0, 0.1) is 5.92 Å². The molecule has 1 fully saturated rings. The summed E-state index contributed by atoms with van der Waals surface area (Å²) in [5, 5.41) is 3.20. The number of nitrogens with zero attached hydrogens (tertiary/aromatic N) is 1. The van der Waals surface area contributed by atoms with Crippen LogP contribution < -0.4 is 10.1 Å². The Morgan fingerprint density at radius 1 is 1.35 bits per heavy atom. The molecule has 1 saturated heterocycles. The van der Waals surface area contributed by atoms with Gasteiger partial charge in [-0.05, 0) is 56.5 Å². The van der Waals surface area contributed by atoms with Gasteiger partial charge < -0.3 is 15.0 Å². The number of ether oxygens (including phenoxy) is 1. The van der Waals surface area contributed by atoms with Gasteiger partial charge in [0, 0.05) is 19.5 Å². The highest BCUT2D eigenvalue weighted by Crippen LogP contribution is 2.18. The molecule has 5 heteroatoms. The standard InChI is InChI=1S/C18H28N2O2.ClH/c1-3-12-22-17-7-4-15(5-8-17)6-9-18(21)20-11-10-16(14-20)13-19-2;/h4-5,7-8,16,19H,3,6,9-14H2,1-2H3;1H. The summed E-state index contributed by atoms with van der Waals surface area (Å²) < 4.78 is 5.57. The maximum atomic E-state index is 12.3. The van der Waals surface area contributed by atoms with Gasteiger partial charge in [0.05, 0.1) is 6.61 Å². The fourth-order valence-electron chi connectivity index (χ4n) is 2.90. The molecule has 1 aliphatic rings. The normalized spacial score (nSPS) is 17.0. The molecule has 0 saturated carbocycles. The molecule has 1 aromatic rings. The van der Waals surface area contributed by atoms with Gasteiger partial charge in [-0.3, -0.25) is 4.79 Å². The molecule has 4 nitrogen and oxygen atoms in total. The van der Waals surface area contributed by atoms with Crippen LogP contribution in [0.5, 0.6) is 5.75 Å². The highest BCUT2D eigenvalue weighted by molar-refractivity contribution is 5.85. The summed E-state index contributed by atoms with van der Waals surface area (Å²) in [6, 6.07) is 8.11. The van der Waals surface area contributed by atoms with E-state index in [1.807, 2.05) is 24.1 Å². The van der Waals surface area contributed by atoms with Crippen LogP contribution in [0.2, 0.25) is 0 Å². The maximum absolute atomic E-state index is 12.3. The number of hydrogen-bond acceptors (Lipinski definition) is 3. The molecule has 1 aromatic carbocycles. The summed E-state index contributed by atoms with van der Waals surface area (Å²) in [5.74, 6) is 1.81. The zero-order valence-corrected chi connectivity index (χ0v) is 15.0. The van der Waals surface area contributed by atoms with Gasteiger partial charge in [-0.25, -0.2) is 0 Å². The Balaban J connectivity index is 0.00000264. The van der Waals surface area contributed by atoms with E-state index in [0.717, 1.165) is 51.3 Å². The van der Waals surface area contributed by atoms with E-state index in [-0.39, 0.29) is 18.3 Å². The monoisotopic (exact) mass is 340 g/mol. The van der Waals surface area contributed by atoms with Gasteiger partial charge in [-0.1, -0.05) is 19.1 Å². The molecule has 23 heavy (non-hydrogen) atoms. The zero-order chi connectivity index (χ0) is 15.8. The molecule has 1 amide bonds. The molecule has 2 rings (SSSR count). The van der Waals surface area contributed by atoms with Crippen LogP contribution in [0.4, 0.5) is 0 Å².